The minimum atomic E-state index is 0.543. The van der Waals surface area contributed by atoms with Crippen molar-refractivity contribution in [2.45, 2.75) is 25.7 Å². The predicted octanol–water partition coefficient (Wildman–Crippen LogP) is 3.11. The lowest BCUT2D eigenvalue weighted by Gasteiger charge is -2.20. The van der Waals surface area contributed by atoms with Crippen molar-refractivity contribution in [1.82, 2.24) is 20.4 Å². The van der Waals surface area contributed by atoms with Gasteiger partial charge in [-0.3, -0.25) is 0 Å². The van der Waals surface area contributed by atoms with E-state index in [1.54, 1.807) is 0 Å². The molecule has 1 saturated heterocycles. The van der Waals surface area contributed by atoms with E-state index in [0.717, 1.165) is 69.1 Å². The second kappa shape index (κ2) is 8.77. The van der Waals surface area contributed by atoms with E-state index < -0.39 is 0 Å². The lowest BCUT2D eigenvalue weighted by molar-refractivity contribution is 0.421. The van der Waals surface area contributed by atoms with Gasteiger partial charge in [0.05, 0.1) is 5.56 Å². The van der Waals surface area contributed by atoms with E-state index in [0.29, 0.717) is 5.89 Å². The lowest BCUT2D eigenvalue weighted by atomic mass is 10.1. The Kier molecular flexibility index (Phi) is 5.74. The molecule has 1 N–H and O–H groups in total. The molecule has 3 aromatic rings. The molecule has 27 heavy (non-hydrogen) atoms. The average Bonchev–Trinajstić information content (AvgIpc) is 3.02. The lowest BCUT2D eigenvalue weighted by Crippen LogP contribution is -2.28. The molecule has 1 fully saturated rings. The molecule has 6 heteroatoms. The third-order valence-electron chi connectivity index (χ3n) is 4.84. The van der Waals surface area contributed by atoms with Crippen molar-refractivity contribution in [3.05, 3.63) is 60.0 Å². The molecule has 1 aliphatic heterocycles. The number of nitrogens with zero attached hydrogens (tertiary/aromatic N) is 4. The molecule has 0 bridgehead atoms. The summed E-state index contributed by atoms with van der Waals surface area (Å²) < 4.78 is 5.43. The van der Waals surface area contributed by atoms with E-state index in [2.05, 4.69) is 49.6 Å². The van der Waals surface area contributed by atoms with Crippen LogP contribution in [0.4, 0.5) is 5.82 Å². The number of nitrogens with one attached hydrogen (secondary N) is 1. The third-order valence-corrected chi connectivity index (χ3v) is 4.84. The van der Waals surface area contributed by atoms with E-state index in [9.17, 15) is 0 Å². The second-order valence-electron chi connectivity index (χ2n) is 6.85. The standard InChI is InChI=1S/C21H25N5O/c1-2-6-17(7-3-1)8-4-9-19-24-21(27-25-19)18-10-11-20(23-16-18)26-14-5-12-22-13-15-26/h1-3,6-7,10-11,16,22H,4-5,8-9,12-15H2. The zero-order valence-electron chi connectivity index (χ0n) is 15.5. The van der Waals surface area contributed by atoms with Crippen LogP contribution in [-0.2, 0) is 12.8 Å². The fourth-order valence-electron chi connectivity index (χ4n) is 3.34. The SMILES string of the molecule is c1ccc(CCCc2noc(-c3ccc(N4CCCNCC4)nc3)n2)cc1. The van der Waals surface area contributed by atoms with Crippen LogP contribution in [-0.4, -0.2) is 41.3 Å². The molecule has 4 rings (SSSR count). The zero-order valence-corrected chi connectivity index (χ0v) is 15.5. The Hall–Kier alpha value is -2.73. The summed E-state index contributed by atoms with van der Waals surface area (Å²) in [6.07, 6.45) is 5.80. The van der Waals surface area contributed by atoms with Crippen molar-refractivity contribution in [3.63, 3.8) is 0 Å². The highest BCUT2D eigenvalue weighted by molar-refractivity contribution is 5.54. The van der Waals surface area contributed by atoms with Crippen LogP contribution in [0.25, 0.3) is 11.5 Å². The summed E-state index contributed by atoms with van der Waals surface area (Å²) in [6, 6.07) is 14.5. The first-order chi connectivity index (χ1) is 13.4. The van der Waals surface area contributed by atoms with E-state index in [-0.39, 0.29) is 0 Å². The van der Waals surface area contributed by atoms with E-state index in [4.69, 9.17) is 4.52 Å². The topological polar surface area (TPSA) is 67.1 Å². The molecule has 0 saturated carbocycles. The molecule has 2 aromatic heterocycles. The number of rotatable bonds is 6. The Morgan fingerprint density at radius 2 is 1.93 bits per heavy atom. The van der Waals surface area contributed by atoms with Gasteiger partial charge < -0.3 is 14.7 Å². The normalized spacial score (nSPS) is 14.9. The quantitative estimate of drug-likeness (QED) is 0.726. The Morgan fingerprint density at radius 3 is 2.78 bits per heavy atom. The van der Waals surface area contributed by atoms with Crippen molar-refractivity contribution in [1.29, 1.82) is 0 Å². The fraction of sp³-hybridized carbons (Fsp3) is 0.381. The summed E-state index contributed by atoms with van der Waals surface area (Å²) in [5, 5.41) is 7.53. The van der Waals surface area contributed by atoms with Crippen LogP contribution in [0.3, 0.4) is 0 Å². The summed E-state index contributed by atoms with van der Waals surface area (Å²) >= 11 is 0. The largest absolute Gasteiger partial charge is 0.355 e. The first kappa shape index (κ1) is 17.7. The summed E-state index contributed by atoms with van der Waals surface area (Å²) in [5.74, 6) is 2.30. The first-order valence-electron chi connectivity index (χ1n) is 9.67. The monoisotopic (exact) mass is 363 g/mol. The summed E-state index contributed by atoms with van der Waals surface area (Å²) in [5.41, 5.74) is 2.21. The first-order valence-corrected chi connectivity index (χ1v) is 9.67. The van der Waals surface area contributed by atoms with Gasteiger partial charge in [-0.2, -0.15) is 4.98 Å². The number of benzene rings is 1. The highest BCUT2D eigenvalue weighted by Gasteiger charge is 2.13. The Labute approximate surface area is 159 Å². The maximum atomic E-state index is 5.43. The van der Waals surface area contributed by atoms with Crippen molar-refractivity contribution in [3.8, 4) is 11.5 Å². The number of hydrogen-bond donors (Lipinski definition) is 1. The van der Waals surface area contributed by atoms with Gasteiger partial charge in [-0.25, -0.2) is 4.98 Å². The van der Waals surface area contributed by atoms with Crippen LogP contribution in [0.2, 0.25) is 0 Å². The van der Waals surface area contributed by atoms with Crippen LogP contribution in [0, 0.1) is 0 Å². The molecule has 140 valence electrons. The van der Waals surface area contributed by atoms with Crippen molar-refractivity contribution in [2.24, 2.45) is 0 Å². The highest BCUT2D eigenvalue weighted by Crippen LogP contribution is 2.20. The second-order valence-corrected chi connectivity index (χ2v) is 6.85. The molecule has 0 atom stereocenters. The minimum Gasteiger partial charge on any atom is -0.355 e. The molecule has 0 amide bonds. The number of pyridine rings is 1. The van der Waals surface area contributed by atoms with Crippen LogP contribution >= 0.6 is 0 Å². The maximum absolute atomic E-state index is 5.43. The van der Waals surface area contributed by atoms with Crippen molar-refractivity contribution in [2.75, 3.05) is 31.1 Å². The third kappa shape index (κ3) is 4.71. The zero-order chi connectivity index (χ0) is 18.3. The number of anilines is 1. The van der Waals surface area contributed by atoms with Gasteiger partial charge in [-0.15, -0.1) is 0 Å². The van der Waals surface area contributed by atoms with Gasteiger partial charge in [-0.05, 0) is 43.5 Å². The van der Waals surface area contributed by atoms with Gasteiger partial charge in [0.2, 0.25) is 0 Å². The molecule has 0 aliphatic carbocycles. The highest BCUT2D eigenvalue weighted by atomic mass is 16.5. The molecule has 0 radical (unpaired) electrons. The van der Waals surface area contributed by atoms with Crippen molar-refractivity contribution >= 4 is 5.82 Å². The molecule has 6 nitrogen and oxygen atoms in total. The summed E-state index contributed by atoms with van der Waals surface area (Å²) in [4.78, 5) is 11.4. The Bertz CT molecular complexity index is 823. The smallest absolute Gasteiger partial charge is 0.259 e. The number of hydrogen-bond acceptors (Lipinski definition) is 6. The van der Waals surface area contributed by atoms with E-state index in [1.807, 2.05) is 24.4 Å². The Balaban J connectivity index is 1.35. The van der Waals surface area contributed by atoms with Crippen LogP contribution in [0.15, 0.2) is 53.2 Å². The Morgan fingerprint density at radius 1 is 1.00 bits per heavy atom. The summed E-state index contributed by atoms with van der Waals surface area (Å²) in [6.45, 7) is 4.09. The van der Waals surface area contributed by atoms with Crippen LogP contribution < -0.4 is 10.2 Å². The molecular formula is C21H25N5O. The van der Waals surface area contributed by atoms with Gasteiger partial charge in [0.1, 0.15) is 5.82 Å². The van der Waals surface area contributed by atoms with Gasteiger partial charge >= 0.3 is 0 Å². The van der Waals surface area contributed by atoms with E-state index >= 15 is 0 Å². The molecule has 1 aromatic carbocycles. The van der Waals surface area contributed by atoms with Crippen molar-refractivity contribution < 1.29 is 4.52 Å². The van der Waals surface area contributed by atoms with Crippen LogP contribution in [0.1, 0.15) is 24.2 Å². The number of aryl methyl sites for hydroxylation is 2. The van der Waals surface area contributed by atoms with Gasteiger partial charge in [0.15, 0.2) is 5.82 Å². The van der Waals surface area contributed by atoms with Gasteiger partial charge in [-0.1, -0.05) is 35.5 Å². The molecule has 3 heterocycles. The van der Waals surface area contributed by atoms with Gasteiger partial charge in [0.25, 0.3) is 5.89 Å². The minimum absolute atomic E-state index is 0.543. The van der Waals surface area contributed by atoms with Crippen LogP contribution in [0.5, 0.6) is 0 Å². The predicted molar refractivity (Wildman–Crippen MR) is 106 cm³/mol. The van der Waals surface area contributed by atoms with Gasteiger partial charge in [0, 0.05) is 32.3 Å². The molecule has 0 unspecified atom stereocenters. The average molecular weight is 363 g/mol. The summed E-state index contributed by atoms with van der Waals surface area (Å²) in [7, 11) is 0. The fourth-order valence-corrected chi connectivity index (χ4v) is 3.34. The molecule has 1 aliphatic rings. The number of aromatic nitrogens is 3. The van der Waals surface area contributed by atoms with E-state index in [1.165, 1.54) is 5.56 Å². The molecule has 0 spiro atoms. The maximum Gasteiger partial charge on any atom is 0.259 e. The molecular weight excluding hydrogens is 338 g/mol.